The Hall–Kier alpha value is -3.34. The van der Waals surface area contributed by atoms with E-state index in [-0.39, 0.29) is 6.61 Å². The second kappa shape index (κ2) is 8.57. The molecule has 0 fully saturated rings. The standard InChI is InChI=1S/C19H23N5O5S/c1-5-14-16(29-19(25)28-6-2)10-24-17(14)18(20-11-21-24)22-13-8-7-12(3)15(9-13)23-30(4,26)27/h7-11,23H,5-6H2,1-4H3,(H,20,21,22). The molecule has 30 heavy (non-hydrogen) atoms. The number of nitrogens with zero attached hydrogens (tertiary/aromatic N) is 3. The average molecular weight is 433 g/mol. The molecular formula is C19H23N5O5S. The van der Waals surface area contributed by atoms with Crippen molar-refractivity contribution in [2.45, 2.75) is 27.2 Å². The van der Waals surface area contributed by atoms with E-state index in [1.54, 1.807) is 36.7 Å². The molecule has 11 heteroatoms. The van der Waals surface area contributed by atoms with E-state index < -0.39 is 16.2 Å². The van der Waals surface area contributed by atoms with Crippen LogP contribution >= 0.6 is 0 Å². The third kappa shape index (κ3) is 4.79. The summed E-state index contributed by atoms with van der Waals surface area (Å²) in [6.45, 7) is 5.63. The third-order valence-corrected chi connectivity index (χ3v) is 4.83. The van der Waals surface area contributed by atoms with E-state index in [0.717, 1.165) is 17.4 Å². The Kier molecular flexibility index (Phi) is 6.11. The molecule has 0 aliphatic heterocycles. The fourth-order valence-corrected chi connectivity index (χ4v) is 3.58. The maximum atomic E-state index is 11.8. The lowest BCUT2D eigenvalue weighted by Crippen LogP contribution is -2.11. The molecule has 0 spiro atoms. The maximum absolute atomic E-state index is 11.8. The lowest BCUT2D eigenvalue weighted by atomic mass is 10.1. The summed E-state index contributed by atoms with van der Waals surface area (Å²) in [6, 6.07) is 5.29. The van der Waals surface area contributed by atoms with Crippen molar-refractivity contribution >= 4 is 38.9 Å². The van der Waals surface area contributed by atoms with Gasteiger partial charge in [-0.15, -0.1) is 0 Å². The first-order valence-corrected chi connectivity index (χ1v) is 11.2. The van der Waals surface area contributed by atoms with Crippen molar-refractivity contribution < 1.29 is 22.7 Å². The van der Waals surface area contributed by atoms with Gasteiger partial charge < -0.3 is 14.8 Å². The van der Waals surface area contributed by atoms with Crippen LogP contribution in [0.25, 0.3) is 5.52 Å². The number of hydrogen-bond acceptors (Lipinski definition) is 8. The van der Waals surface area contributed by atoms with Gasteiger partial charge in [-0.1, -0.05) is 13.0 Å². The third-order valence-electron chi connectivity index (χ3n) is 4.24. The largest absolute Gasteiger partial charge is 0.513 e. The number of aryl methyl sites for hydroxylation is 2. The Morgan fingerprint density at radius 3 is 2.70 bits per heavy atom. The number of benzene rings is 1. The predicted molar refractivity (Wildman–Crippen MR) is 113 cm³/mol. The highest BCUT2D eigenvalue weighted by molar-refractivity contribution is 7.92. The van der Waals surface area contributed by atoms with Crippen LogP contribution < -0.4 is 14.8 Å². The van der Waals surface area contributed by atoms with Gasteiger partial charge in [0.2, 0.25) is 10.0 Å². The SMILES string of the molecule is CCOC(=O)Oc1cn2ncnc(Nc3ccc(C)c(NS(C)(=O)=O)c3)c2c1CC. The predicted octanol–water partition coefficient (Wildman–Crippen LogP) is 3.25. The first-order valence-electron chi connectivity index (χ1n) is 9.27. The number of anilines is 3. The zero-order valence-electron chi connectivity index (χ0n) is 17.1. The van der Waals surface area contributed by atoms with Crippen molar-refractivity contribution in [3.63, 3.8) is 0 Å². The average Bonchev–Trinajstić information content (AvgIpc) is 3.01. The van der Waals surface area contributed by atoms with Crippen LogP contribution in [0.1, 0.15) is 25.0 Å². The van der Waals surface area contributed by atoms with Crippen molar-refractivity contribution in [1.29, 1.82) is 0 Å². The van der Waals surface area contributed by atoms with Gasteiger partial charge in [0, 0.05) is 11.3 Å². The summed E-state index contributed by atoms with van der Waals surface area (Å²) < 4.78 is 37.4. The summed E-state index contributed by atoms with van der Waals surface area (Å²) in [5, 5.41) is 7.38. The van der Waals surface area contributed by atoms with Crippen molar-refractivity contribution in [1.82, 2.24) is 14.6 Å². The van der Waals surface area contributed by atoms with Gasteiger partial charge in [-0.05, 0) is 38.0 Å². The van der Waals surface area contributed by atoms with E-state index in [0.29, 0.717) is 34.9 Å². The topological polar surface area (TPSA) is 124 Å². The lowest BCUT2D eigenvalue weighted by Gasteiger charge is -2.12. The van der Waals surface area contributed by atoms with Crippen LogP contribution in [-0.4, -0.2) is 42.0 Å². The highest BCUT2D eigenvalue weighted by Crippen LogP contribution is 2.32. The Bertz CT molecular complexity index is 1190. The minimum absolute atomic E-state index is 0.206. The van der Waals surface area contributed by atoms with Crippen LogP contribution in [0.15, 0.2) is 30.7 Å². The van der Waals surface area contributed by atoms with E-state index in [4.69, 9.17) is 9.47 Å². The molecule has 0 saturated heterocycles. The maximum Gasteiger partial charge on any atom is 0.513 e. The molecule has 0 amide bonds. The van der Waals surface area contributed by atoms with Gasteiger partial charge in [0.1, 0.15) is 11.8 Å². The second-order valence-electron chi connectivity index (χ2n) is 6.54. The van der Waals surface area contributed by atoms with E-state index >= 15 is 0 Å². The van der Waals surface area contributed by atoms with Crippen molar-refractivity contribution in [3.8, 4) is 5.75 Å². The Balaban J connectivity index is 2.00. The summed E-state index contributed by atoms with van der Waals surface area (Å²) in [7, 11) is -3.42. The smallest absolute Gasteiger partial charge is 0.434 e. The van der Waals surface area contributed by atoms with Gasteiger partial charge in [-0.25, -0.2) is 22.7 Å². The Morgan fingerprint density at radius 1 is 1.27 bits per heavy atom. The number of rotatable bonds is 7. The minimum Gasteiger partial charge on any atom is -0.434 e. The van der Waals surface area contributed by atoms with Gasteiger partial charge >= 0.3 is 6.16 Å². The fraction of sp³-hybridized carbons (Fsp3) is 0.316. The van der Waals surface area contributed by atoms with Gasteiger partial charge in [0.15, 0.2) is 11.6 Å². The van der Waals surface area contributed by atoms with Crippen molar-refractivity contribution in [2.75, 3.05) is 22.9 Å². The van der Waals surface area contributed by atoms with E-state index in [9.17, 15) is 13.2 Å². The quantitative estimate of drug-likeness (QED) is 0.544. The molecule has 0 bridgehead atoms. The van der Waals surface area contributed by atoms with E-state index in [1.165, 1.54) is 6.33 Å². The minimum atomic E-state index is -3.42. The molecule has 3 rings (SSSR count). The Labute approximate surface area is 174 Å². The molecule has 3 aromatic rings. The summed E-state index contributed by atoms with van der Waals surface area (Å²) >= 11 is 0. The van der Waals surface area contributed by atoms with Crippen LogP contribution in [0.5, 0.6) is 5.75 Å². The number of aromatic nitrogens is 3. The van der Waals surface area contributed by atoms with Gasteiger partial charge in [0.05, 0.1) is 24.7 Å². The van der Waals surface area contributed by atoms with E-state index in [2.05, 4.69) is 20.1 Å². The molecule has 0 aliphatic carbocycles. The summed E-state index contributed by atoms with van der Waals surface area (Å²) in [4.78, 5) is 16.1. The molecular weight excluding hydrogens is 410 g/mol. The van der Waals surface area contributed by atoms with Gasteiger partial charge in [-0.3, -0.25) is 4.72 Å². The Morgan fingerprint density at radius 2 is 2.03 bits per heavy atom. The van der Waals surface area contributed by atoms with E-state index in [1.807, 2.05) is 13.0 Å². The number of fused-ring (bicyclic) bond motifs is 1. The molecule has 2 N–H and O–H groups in total. The zero-order valence-corrected chi connectivity index (χ0v) is 17.9. The van der Waals surface area contributed by atoms with Crippen LogP contribution in [0.4, 0.5) is 22.0 Å². The number of hydrogen-bond donors (Lipinski definition) is 2. The van der Waals surface area contributed by atoms with Crippen LogP contribution in [0, 0.1) is 6.92 Å². The molecule has 0 unspecified atom stereocenters. The lowest BCUT2D eigenvalue weighted by molar-refractivity contribution is 0.104. The first-order chi connectivity index (χ1) is 14.2. The normalized spacial score (nSPS) is 11.3. The molecule has 0 saturated carbocycles. The summed E-state index contributed by atoms with van der Waals surface area (Å²) in [5.74, 6) is 0.817. The molecule has 2 heterocycles. The van der Waals surface area contributed by atoms with Crippen LogP contribution in [-0.2, 0) is 21.2 Å². The van der Waals surface area contributed by atoms with Crippen LogP contribution in [0.3, 0.4) is 0 Å². The molecule has 1 aromatic carbocycles. The number of sulfonamides is 1. The molecule has 10 nitrogen and oxygen atoms in total. The molecule has 160 valence electrons. The molecule has 0 aliphatic rings. The zero-order chi connectivity index (χ0) is 21.9. The monoisotopic (exact) mass is 433 g/mol. The molecule has 2 aromatic heterocycles. The molecule has 0 radical (unpaired) electrons. The first kappa shape index (κ1) is 21.4. The van der Waals surface area contributed by atoms with Crippen molar-refractivity contribution in [3.05, 3.63) is 41.9 Å². The number of nitrogens with one attached hydrogen (secondary N) is 2. The van der Waals surface area contributed by atoms with Crippen LogP contribution in [0.2, 0.25) is 0 Å². The highest BCUT2D eigenvalue weighted by atomic mass is 32.2. The highest BCUT2D eigenvalue weighted by Gasteiger charge is 2.19. The second-order valence-corrected chi connectivity index (χ2v) is 8.29. The fourth-order valence-electron chi connectivity index (χ4n) is 2.96. The van der Waals surface area contributed by atoms with Gasteiger partial charge in [-0.2, -0.15) is 5.10 Å². The molecule has 0 atom stereocenters. The number of ether oxygens (including phenoxy) is 2. The summed E-state index contributed by atoms with van der Waals surface area (Å²) in [6.07, 6.45) is 3.82. The summed E-state index contributed by atoms with van der Waals surface area (Å²) in [5.41, 5.74) is 3.24. The van der Waals surface area contributed by atoms with Gasteiger partial charge in [0.25, 0.3) is 0 Å². The van der Waals surface area contributed by atoms with Crippen molar-refractivity contribution in [2.24, 2.45) is 0 Å². The number of carbonyl (C=O) groups is 1. The number of carbonyl (C=O) groups excluding carboxylic acids is 1.